The Labute approximate surface area is 129 Å². The van der Waals surface area contributed by atoms with Crippen LogP contribution in [0.25, 0.3) is 0 Å². The van der Waals surface area contributed by atoms with Crippen LogP contribution in [0.3, 0.4) is 0 Å². The van der Waals surface area contributed by atoms with Gasteiger partial charge in [0, 0.05) is 26.7 Å². The molecular formula is C16H21FN2O3. The maximum Gasteiger partial charge on any atom is 0.256 e. The topological polar surface area (TPSA) is 58.6 Å². The van der Waals surface area contributed by atoms with E-state index in [-0.39, 0.29) is 24.0 Å². The van der Waals surface area contributed by atoms with E-state index in [0.29, 0.717) is 25.6 Å². The summed E-state index contributed by atoms with van der Waals surface area (Å²) in [6.45, 7) is 1.81. The van der Waals surface area contributed by atoms with Crippen LogP contribution in [0.2, 0.25) is 0 Å². The zero-order chi connectivity index (χ0) is 15.9. The molecule has 1 aromatic carbocycles. The van der Waals surface area contributed by atoms with Crippen molar-refractivity contribution in [2.24, 2.45) is 5.92 Å². The number of rotatable bonds is 5. The van der Waals surface area contributed by atoms with Gasteiger partial charge in [0.05, 0.1) is 5.56 Å². The lowest BCUT2D eigenvalue weighted by molar-refractivity contribution is -0.125. The van der Waals surface area contributed by atoms with Crippen molar-refractivity contribution in [2.45, 2.75) is 12.8 Å². The Kier molecular flexibility index (Phi) is 5.89. The van der Waals surface area contributed by atoms with E-state index in [1.165, 1.54) is 19.2 Å². The predicted molar refractivity (Wildman–Crippen MR) is 79.9 cm³/mol. The first kappa shape index (κ1) is 16.4. The second-order valence-corrected chi connectivity index (χ2v) is 5.45. The van der Waals surface area contributed by atoms with Gasteiger partial charge < -0.3 is 15.0 Å². The number of nitrogens with zero attached hydrogens (tertiary/aromatic N) is 1. The van der Waals surface area contributed by atoms with Gasteiger partial charge in [0.1, 0.15) is 12.4 Å². The molecule has 2 amide bonds. The molecule has 6 heteroatoms. The molecule has 2 rings (SSSR count). The molecule has 0 spiro atoms. The van der Waals surface area contributed by atoms with Crippen molar-refractivity contribution in [3.63, 3.8) is 0 Å². The van der Waals surface area contributed by atoms with Crippen LogP contribution in [0.1, 0.15) is 23.2 Å². The first-order valence-corrected chi connectivity index (χ1v) is 7.41. The molecule has 22 heavy (non-hydrogen) atoms. The van der Waals surface area contributed by atoms with E-state index in [9.17, 15) is 14.0 Å². The van der Waals surface area contributed by atoms with E-state index in [2.05, 4.69) is 5.32 Å². The Morgan fingerprint density at radius 2 is 2.00 bits per heavy atom. The number of likely N-dealkylation sites (tertiary alicyclic amines) is 1. The second-order valence-electron chi connectivity index (χ2n) is 5.45. The quantitative estimate of drug-likeness (QED) is 0.895. The van der Waals surface area contributed by atoms with Crippen LogP contribution in [0.4, 0.5) is 4.39 Å². The van der Waals surface area contributed by atoms with Gasteiger partial charge in [-0.3, -0.25) is 9.59 Å². The molecule has 1 saturated heterocycles. The summed E-state index contributed by atoms with van der Waals surface area (Å²) in [5.41, 5.74) is 0.120. The highest BCUT2D eigenvalue weighted by Gasteiger charge is 2.25. The zero-order valence-electron chi connectivity index (χ0n) is 12.7. The predicted octanol–water partition coefficient (Wildman–Crippen LogP) is 1.44. The monoisotopic (exact) mass is 308 g/mol. The van der Waals surface area contributed by atoms with Crippen LogP contribution in [-0.2, 0) is 9.53 Å². The Morgan fingerprint density at radius 3 is 2.64 bits per heavy atom. The lowest BCUT2D eigenvalue weighted by atomic mass is 9.96. The standard InChI is InChI=1S/C16H21FN2O3/c1-22-11-15(20)18-10-12-6-8-19(9-7-12)16(21)13-4-2-3-5-14(13)17/h2-5,12H,6-11H2,1H3,(H,18,20). The van der Waals surface area contributed by atoms with Crippen molar-refractivity contribution in [1.29, 1.82) is 0 Å². The van der Waals surface area contributed by atoms with Gasteiger partial charge in [-0.05, 0) is 30.9 Å². The van der Waals surface area contributed by atoms with Gasteiger partial charge in [-0.15, -0.1) is 0 Å². The fourth-order valence-corrected chi connectivity index (χ4v) is 2.59. The number of methoxy groups -OCH3 is 1. The lowest BCUT2D eigenvalue weighted by Crippen LogP contribution is -2.42. The molecule has 1 fully saturated rings. The number of piperidine rings is 1. The maximum atomic E-state index is 13.6. The average Bonchev–Trinajstić information content (AvgIpc) is 2.53. The van der Waals surface area contributed by atoms with Crippen LogP contribution in [0, 0.1) is 11.7 Å². The average molecular weight is 308 g/mol. The number of hydrogen-bond donors (Lipinski definition) is 1. The minimum absolute atomic E-state index is 0.0601. The molecule has 0 bridgehead atoms. The lowest BCUT2D eigenvalue weighted by Gasteiger charge is -2.32. The number of halogens is 1. The number of nitrogens with one attached hydrogen (secondary N) is 1. The Morgan fingerprint density at radius 1 is 1.32 bits per heavy atom. The van der Waals surface area contributed by atoms with E-state index < -0.39 is 5.82 Å². The summed E-state index contributed by atoms with van der Waals surface area (Å²) in [6.07, 6.45) is 1.60. The largest absolute Gasteiger partial charge is 0.375 e. The Bertz CT molecular complexity index is 528. The van der Waals surface area contributed by atoms with Crippen LogP contribution >= 0.6 is 0 Å². The first-order chi connectivity index (χ1) is 10.6. The summed E-state index contributed by atoms with van der Waals surface area (Å²) in [4.78, 5) is 25.3. The number of ether oxygens (including phenoxy) is 1. The fourth-order valence-electron chi connectivity index (χ4n) is 2.59. The van der Waals surface area contributed by atoms with E-state index in [1.54, 1.807) is 17.0 Å². The van der Waals surface area contributed by atoms with Gasteiger partial charge in [-0.25, -0.2) is 4.39 Å². The zero-order valence-corrected chi connectivity index (χ0v) is 12.7. The number of carbonyl (C=O) groups is 2. The molecule has 1 aliphatic rings. The van der Waals surface area contributed by atoms with Crippen molar-refractivity contribution in [2.75, 3.05) is 33.4 Å². The molecule has 0 radical (unpaired) electrons. The van der Waals surface area contributed by atoms with Gasteiger partial charge in [-0.2, -0.15) is 0 Å². The number of benzene rings is 1. The summed E-state index contributed by atoms with van der Waals surface area (Å²) in [7, 11) is 1.48. The third-order valence-corrected chi connectivity index (χ3v) is 3.87. The molecule has 1 aliphatic heterocycles. The highest BCUT2D eigenvalue weighted by Crippen LogP contribution is 2.19. The highest BCUT2D eigenvalue weighted by atomic mass is 19.1. The highest BCUT2D eigenvalue weighted by molar-refractivity contribution is 5.94. The van der Waals surface area contributed by atoms with Crippen LogP contribution < -0.4 is 5.32 Å². The van der Waals surface area contributed by atoms with Crippen LogP contribution in [0.5, 0.6) is 0 Å². The number of carbonyl (C=O) groups excluding carboxylic acids is 2. The summed E-state index contributed by atoms with van der Waals surface area (Å²) in [5.74, 6) is -0.542. The van der Waals surface area contributed by atoms with Crippen molar-refractivity contribution >= 4 is 11.8 Å². The summed E-state index contributed by atoms with van der Waals surface area (Å²) in [6, 6.07) is 6.04. The molecule has 0 atom stereocenters. The fraction of sp³-hybridized carbons (Fsp3) is 0.500. The third-order valence-electron chi connectivity index (χ3n) is 3.87. The van der Waals surface area contributed by atoms with Crippen LogP contribution in [-0.4, -0.2) is 50.1 Å². The first-order valence-electron chi connectivity index (χ1n) is 7.41. The molecule has 5 nitrogen and oxygen atoms in total. The summed E-state index contributed by atoms with van der Waals surface area (Å²) in [5, 5.41) is 2.81. The molecular weight excluding hydrogens is 287 g/mol. The van der Waals surface area contributed by atoms with Gasteiger partial charge in [0.25, 0.3) is 5.91 Å². The summed E-state index contributed by atoms with van der Waals surface area (Å²) >= 11 is 0. The minimum atomic E-state index is -0.485. The van der Waals surface area contributed by atoms with Crippen molar-refractivity contribution in [1.82, 2.24) is 10.2 Å². The molecule has 0 saturated carbocycles. The maximum absolute atomic E-state index is 13.6. The van der Waals surface area contributed by atoms with Gasteiger partial charge in [-0.1, -0.05) is 12.1 Å². The Balaban J connectivity index is 1.81. The number of hydrogen-bond acceptors (Lipinski definition) is 3. The van der Waals surface area contributed by atoms with Crippen LogP contribution in [0.15, 0.2) is 24.3 Å². The smallest absolute Gasteiger partial charge is 0.256 e. The molecule has 0 aromatic heterocycles. The van der Waals surface area contributed by atoms with Crippen molar-refractivity contribution < 1.29 is 18.7 Å². The van der Waals surface area contributed by atoms with Gasteiger partial charge in [0.15, 0.2) is 0 Å². The normalized spacial score (nSPS) is 15.6. The molecule has 0 unspecified atom stereocenters. The molecule has 1 N–H and O–H groups in total. The van der Waals surface area contributed by atoms with E-state index in [1.807, 2.05) is 0 Å². The number of amides is 2. The SMILES string of the molecule is COCC(=O)NCC1CCN(C(=O)c2ccccc2F)CC1. The molecule has 0 aliphatic carbocycles. The Hall–Kier alpha value is -1.95. The van der Waals surface area contributed by atoms with Gasteiger partial charge in [0.2, 0.25) is 5.91 Å². The third kappa shape index (κ3) is 4.27. The van der Waals surface area contributed by atoms with E-state index >= 15 is 0 Å². The molecule has 1 aromatic rings. The minimum Gasteiger partial charge on any atom is -0.375 e. The summed E-state index contributed by atoms with van der Waals surface area (Å²) < 4.78 is 18.4. The second kappa shape index (κ2) is 7.89. The van der Waals surface area contributed by atoms with E-state index in [0.717, 1.165) is 12.8 Å². The van der Waals surface area contributed by atoms with Crippen molar-refractivity contribution in [3.8, 4) is 0 Å². The van der Waals surface area contributed by atoms with Crippen molar-refractivity contribution in [3.05, 3.63) is 35.6 Å². The van der Waals surface area contributed by atoms with Gasteiger partial charge >= 0.3 is 0 Å². The molecule has 1 heterocycles. The molecule has 120 valence electrons. The van der Waals surface area contributed by atoms with E-state index in [4.69, 9.17) is 4.74 Å².